The van der Waals surface area contributed by atoms with E-state index in [0.29, 0.717) is 18.5 Å². The van der Waals surface area contributed by atoms with Crippen LogP contribution in [0.3, 0.4) is 0 Å². The molecule has 2 saturated heterocycles. The van der Waals surface area contributed by atoms with Crippen LogP contribution >= 0.6 is 0 Å². The van der Waals surface area contributed by atoms with Crippen LogP contribution in [0.25, 0.3) is 11.3 Å². The van der Waals surface area contributed by atoms with Gasteiger partial charge in [0.2, 0.25) is 5.95 Å². The van der Waals surface area contributed by atoms with Crippen LogP contribution in [0, 0.1) is 5.92 Å². The lowest BCUT2D eigenvalue weighted by Gasteiger charge is -2.27. The lowest BCUT2D eigenvalue weighted by molar-refractivity contribution is 0.213. The van der Waals surface area contributed by atoms with Crippen molar-refractivity contribution < 1.29 is 5.11 Å². The molecule has 2 aromatic heterocycles. The van der Waals surface area contributed by atoms with Crippen LogP contribution in [0.2, 0.25) is 0 Å². The number of likely N-dealkylation sites (tertiary alicyclic amines) is 1. The predicted octanol–water partition coefficient (Wildman–Crippen LogP) is 2.73. The molecule has 0 unspecified atom stereocenters. The van der Waals surface area contributed by atoms with Crippen molar-refractivity contribution in [2.75, 3.05) is 37.7 Å². The summed E-state index contributed by atoms with van der Waals surface area (Å²) in [7, 11) is 0. The Kier molecular flexibility index (Phi) is 5.92. The van der Waals surface area contributed by atoms with E-state index in [4.69, 9.17) is 4.98 Å². The first-order valence-electron chi connectivity index (χ1n) is 10.7. The fraction of sp³-hybridized carbons (Fsp3) is 0.667. The first-order chi connectivity index (χ1) is 13.7. The number of nitrogens with zero attached hydrogens (tertiary/aromatic N) is 6. The molecule has 4 heterocycles. The molecular formula is C21H32N6O. The standard InChI is InChI=1S/C21H32N6O/c1-16(2)15-26-11-5-6-19(26)20-17(14-23-27(20)12-13-28)18-7-8-22-21(24-18)25-9-3-4-10-25/h7-8,14,16,19,28H,3-6,9-13,15H2,1-2H3/t19-/m0/s1. The van der Waals surface area contributed by atoms with E-state index in [9.17, 15) is 5.11 Å². The summed E-state index contributed by atoms with van der Waals surface area (Å²) in [6, 6.07) is 2.32. The molecule has 152 valence electrons. The summed E-state index contributed by atoms with van der Waals surface area (Å²) < 4.78 is 1.98. The first kappa shape index (κ1) is 19.3. The zero-order valence-electron chi connectivity index (χ0n) is 17.1. The third-order valence-corrected chi connectivity index (χ3v) is 5.78. The van der Waals surface area contributed by atoms with Crippen molar-refractivity contribution in [2.24, 2.45) is 5.92 Å². The highest BCUT2D eigenvalue weighted by Crippen LogP contribution is 2.38. The van der Waals surface area contributed by atoms with Crippen molar-refractivity contribution in [3.8, 4) is 11.3 Å². The lowest BCUT2D eigenvalue weighted by atomic mass is 10.0. The number of aliphatic hydroxyl groups excluding tert-OH is 1. The molecule has 0 radical (unpaired) electrons. The number of rotatable bonds is 7. The third-order valence-electron chi connectivity index (χ3n) is 5.78. The summed E-state index contributed by atoms with van der Waals surface area (Å²) in [6.45, 7) is 9.42. The van der Waals surface area contributed by atoms with E-state index < -0.39 is 0 Å². The van der Waals surface area contributed by atoms with Gasteiger partial charge in [0.15, 0.2) is 0 Å². The van der Waals surface area contributed by atoms with Gasteiger partial charge in [0, 0.05) is 31.4 Å². The Balaban J connectivity index is 1.71. The zero-order valence-corrected chi connectivity index (χ0v) is 17.1. The number of aromatic nitrogens is 4. The molecule has 2 aliphatic heterocycles. The molecule has 1 atom stereocenters. The minimum atomic E-state index is 0.0911. The fourth-order valence-corrected chi connectivity index (χ4v) is 4.61. The van der Waals surface area contributed by atoms with E-state index in [1.807, 2.05) is 23.1 Å². The van der Waals surface area contributed by atoms with Crippen LogP contribution in [0.5, 0.6) is 0 Å². The molecule has 2 aliphatic rings. The number of hydrogen-bond donors (Lipinski definition) is 1. The molecule has 0 bridgehead atoms. The van der Waals surface area contributed by atoms with Crippen molar-refractivity contribution in [3.05, 3.63) is 24.2 Å². The van der Waals surface area contributed by atoms with Crippen molar-refractivity contribution in [1.29, 1.82) is 0 Å². The fourth-order valence-electron chi connectivity index (χ4n) is 4.61. The Hall–Kier alpha value is -1.99. The van der Waals surface area contributed by atoms with Gasteiger partial charge < -0.3 is 10.0 Å². The second-order valence-corrected chi connectivity index (χ2v) is 8.37. The Morgan fingerprint density at radius 2 is 2.00 bits per heavy atom. The van der Waals surface area contributed by atoms with Gasteiger partial charge in [0.1, 0.15) is 0 Å². The van der Waals surface area contributed by atoms with E-state index in [-0.39, 0.29) is 6.61 Å². The van der Waals surface area contributed by atoms with Gasteiger partial charge in [0.25, 0.3) is 0 Å². The van der Waals surface area contributed by atoms with Crippen molar-refractivity contribution in [2.45, 2.75) is 52.1 Å². The third kappa shape index (κ3) is 3.91. The van der Waals surface area contributed by atoms with Crippen LogP contribution in [0.4, 0.5) is 5.95 Å². The van der Waals surface area contributed by atoms with E-state index in [0.717, 1.165) is 49.8 Å². The van der Waals surface area contributed by atoms with Crippen LogP contribution < -0.4 is 4.90 Å². The normalized spacial score (nSPS) is 20.6. The van der Waals surface area contributed by atoms with Crippen molar-refractivity contribution >= 4 is 5.95 Å². The van der Waals surface area contributed by atoms with Crippen LogP contribution in [0.1, 0.15) is 51.3 Å². The van der Waals surface area contributed by atoms with E-state index in [2.05, 4.69) is 33.7 Å². The van der Waals surface area contributed by atoms with Gasteiger partial charge in [-0.25, -0.2) is 9.97 Å². The van der Waals surface area contributed by atoms with Gasteiger partial charge in [-0.05, 0) is 44.2 Å². The average molecular weight is 385 g/mol. The van der Waals surface area contributed by atoms with Crippen LogP contribution in [-0.2, 0) is 6.54 Å². The minimum absolute atomic E-state index is 0.0911. The number of hydrogen-bond acceptors (Lipinski definition) is 6. The Labute approximate surface area is 167 Å². The van der Waals surface area contributed by atoms with Crippen molar-refractivity contribution in [1.82, 2.24) is 24.6 Å². The first-order valence-corrected chi connectivity index (χ1v) is 10.7. The van der Waals surface area contributed by atoms with Gasteiger partial charge in [-0.2, -0.15) is 5.10 Å². The summed E-state index contributed by atoms with van der Waals surface area (Å²) >= 11 is 0. The topological polar surface area (TPSA) is 70.3 Å². The molecule has 0 spiro atoms. The number of anilines is 1. The van der Waals surface area contributed by atoms with E-state index in [1.54, 1.807) is 0 Å². The highest BCUT2D eigenvalue weighted by atomic mass is 16.3. The highest BCUT2D eigenvalue weighted by Gasteiger charge is 2.32. The maximum absolute atomic E-state index is 9.56. The molecule has 7 heteroatoms. The molecular weight excluding hydrogens is 352 g/mol. The van der Waals surface area contributed by atoms with Gasteiger partial charge >= 0.3 is 0 Å². The molecule has 28 heavy (non-hydrogen) atoms. The Morgan fingerprint density at radius 3 is 2.75 bits per heavy atom. The molecule has 0 amide bonds. The van der Waals surface area contributed by atoms with Crippen molar-refractivity contribution in [3.63, 3.8) is 0 Å². The Morgan fingerprint density at radius 1 is 1.18 bits per heavy atom. The SMILES string of the molecule is CC(C)CN1CCC[C@H]1c1c(-c2ccnc(N3CCCC3)n2)cnn1CCO. The number of aliphatic hydroxyl groups is 1. The van der Waals surface area contributed by atoms with Gasteiger partial charge in [-0.3, -0.25) is 9.58 Å². The average Bonchev–Trinajstić information content (AvgIpc) is 3.42. The molecule has 0 saturated carbocycles. The summed E-state index contributed by atoms with van der Waals surface area (Å²) in [5.41, 5.74) is 3.21. The summed E-state index contributed by atoms with van der Waals surface area (Å²) in [5.74, 6) is 1.44. The zero-order chi connectivity index (χ0) is 19.5. The summed E-state index contributed by atoms with van der Waals surface area (Å²) in [5, 5.41) is 14.2. The lowest BCUT2D eigenvalue weighted by Crippen LogP contribution is -2.29. The second kappa shape index (κ2) is 8.57. The molecule has 4 rings (SSSR count). The van der Waals surface area contributed by atoms with E-state index in [1.165, 1.54) is 25.0 Å². The Bertz CT molecular complexity index is 783. The molecule has 2 aromatic rings. The van der Waals surface area contributed by atoms with Gasteiger partial charge in [0.05, 0.1) is 36.8 Å². The molecule has 0 aliphatic carbocycles. The maximum atomic E-state index is 9.56. The molecule has 1 N–H and O–H groups in total. The minimum Gasteiger partial charge on any atom is -0.394 e. The summed E-state index contributed by atoms with van der Waals surface area (Å²) in [6.07, 6.45) is 8.53. The monoisotopic (exact) mass is 384 g/mol. The van der Waals surface area contributed by atoms with Crippen LogP contribution in [-0.4, -0.2) is 62.5 Å². The van der Waals surface area contributed by atoms with E-state index >= 15 is 0 Å². The van der Waals surface area contributed by atoms with Gasteiger partial charge in [-0.1, -0.05) is 13.8 Å². The highest BCUT2D eigenvalue weighted by molar-refractivity contribution is 5.63. The van der Waals surface area contributed by atoms with Crippen LogP contribution in [0.15, 0.2) is 18.5 Å². The largest absolute Gasteiger partial charge is 0.394 e. The smallest absolute Gasteiger partial charge is 0.225 e. The van der Waals surface area contributed by atoms with Gasteiger partial charge in [-0.15, -0.1) is 0 Å². The molecule has 7 nitrogen and oxygen atoms in total. The second-order valence-electron chi connectivity index (χ2n) is 8.37. The maximum Gasteiger partial charge on any atom is 0.225 e. The predicted molar refractivity (Wildman–Crippen MR) is 110 cm³/mol. The molecule has 0 aromatic carbocycles. The molecule has 2 fully saturated rings. The summed E-state index contributed by atoms with van der Waals surface area (Å²) in [4.78, 5) is 14.2. The quantitative estimate of drug-likeness (QED) is 0.792.